The number of likely N-dealkylation sites (tertiary alicyclic amines) is 1. The van der Waals surface area contributed by atoms with Crippen LogP contribution < -0.4 is 16.4 Å². The van der Waals surface area contributed by atoms with E-state index in [0.29, 0.717) is 31.6 Å². The molecule has 0 radical (unpaired) electrons. The zero-order valence-corrected chi connectivity index (χ0v) is 13.9. The maximum atomic E-state index is 12.6. The van der Waals surface area contributed by atoms with Crippen molar-refractivity contribution in [1.29, 1.82) is 0 Å². The number of primary amides is 1. The molecule has 1 atom stereocenters. The first-order chi connectivity index (χ1) is 12.1. The molecule has 4 N–H and O–H groups in total. The van der Waals surface area contributed by atoms with Crippen LogP contribution in [0.2, 0.25) is 0 Å². The van der Waals surface area contributed by atoms with Gasteiger partial charge in [0.1, 0.15) is 0 Å². The summed E-state index contributed by atoms with van der Waals surface area (Å²) in [6.45, 7) is 1.68. The number of hydrogen-bond donors (Lipinski definition) is 3. The van der Waals surface area contributed by atoms with E-state index in [0.717, 1.165) is 11.3 Å². The maximum absolute atomic E-state index is 12.6. The Morgan fingerprint density at radius 2 is 1.80 bits per heavy atom. The Balaban J connectivity index is 1.64. The summed E-state index contributed by atoms with van der Waals surface area (Å²) < 4.78 is 0. The van der Waals surface area contributed by atoms with Crippen LogP contribution in [0.4, 0.5) is 10.5 Å². The minimum Gasteiger partial charge on any atom is -0.380 e. The second-order valence-corrected chi connectivity index (χ2v) is 6.13. The van der Waals surface area contributed by atoms with Crippen LogP contribution in [0.3, 0.4) is 0 Å². The highest BCUT2D eigenvalue weighted by Gasteiger charge is 2.26. The third-order valence-corrected chi connectivity index (χ3v) is 4.33. The Morgan fingerprint density at radius 3 is 2.52 bits per heavy atom. The van der Waals surface area contributed by atoms with Crippen molar-refractivity contribution in [2.75, 3.05) is 18.4 Å². The fourth-order valence-corrected chi connectivity index (χ4v) is 2.97. The van der Waals surface area contributed by atoms with Crippen molar-refractivity contribution < 1.29 is 9.59 Å². The second-order valence-electron chi connectivity index (χ2n) is 6.13. The summed E-state index contributed by atoms with van der Waals surface area (Å²) >= 11 is 0. The Morgan fingerprint density at radius 1 is 1.08 bits per heavy atom. The van der Waals surface area contributed by atoms with Gasteiger partial charge in [0, 0.05) is 31.4 Å². The summed E-state index contributed by atoms with van der Waals surface area (Å²) in [7, 11) is 0. The molecule has 0 bridgehead atoms. The van der Waals surface area contributed by atoms with Gasteiger partial charge >= 0.3 is 6.03 Å². The first-order valence-electron chi connectivity index (χ1n) is 8.35. The number of carbonyl (C=O) groups is 2. The van der Waals surface area contributed by atoms with E-state index < -0.39 is 6.03 Å². The van der Waals surface area contributed by atoms with Crippen molar-refractivity contribution in [3.05, 3.63) is 65.7 Å². The standard InChI is InChI=1S/C19H22N4O2/c20-19(25)23-11-10-15(13-23)22-18(24)16-8-4-5-9-17(16)21-12-14-6-2-1-3-7-14/h1-9,15,21H,10-13H2,(H2,20,25)(H,22,24). The lowest BCUT2D eigenvalue weighted by molar-refractivity contribution is 0.0939. The normalized spacial score (nSPS) is 16.5. The van der Waals surface area contributed by atoms with Crippen LogP contribution in [-0.4, -0.2) is 36.0 Å². The summed E-state index contributed by atoms with van der Waals surface area (Å²) in [5, 5.41) is 6.31. The number of benzene rings is 2. The van der Waals surface area contributed by atoms with E-state index in [1.165, 1.54) is 0 Å². The predicted molar refractivity (Wildman–Crippen MR) is 97.2 cm³/mol. The van der Waals surface area contributed by atoms with Gasteiger partial charge in [-0.25, -0.2) is 4.79 Å². The molecule has 2 aromatic rings. The zero-order chi connectivity index (χ0) is 17.6. The molecule has 25 heavy (non-hydrogen) atoms. The van der Waals surface area contributed by atoms with Crippen molar-refractivity contribution in [3.63, 3.8) is 0 Å². The first kappa shape index (κ1) is 16.8. The molecular weight excluding hydrogens is 316 g/mol. The summed E-state index contributed by atoms with van der Waals surface area (Å²) in [4.78, 5) is 25.4. The molecule has 6 nitrogen and oxygen atoms in total. The molecule has 1 unspecified atom stereocenters. The highest BCUT2D eigenvalue weighted by Crippen LogP contribution is 2.17. The molecule has 1 aliphatic heterocycles. The van der Waals surface area contributed by atoms with Gasteiger partial charge in [-0.05, 0) is 24.1 Å². The van der Waals surface area contributed by atoms with Crippen LogP contribution in [0.15, 0.2) is 54.6 Å². The molecule has 0 saturated carbocycles. The highest BCUT2D eigenvalue weighted by molar-refractivity contribution is 5.99. The van der Waals surface area contributed by atoms with E-state index in [-0.39, 0.29) is 11.9 Å². The largest absolute Gasteiger partial charge is 0.380 e. The van der Waals surface area contributed by atoms with E-state index in [4.69, 9.17) is 5.73 Å². The van der Waals surface area contributed by atoms with Crippen LogP contribution in [0.5, 0.6) is 0 Å². The number of carbonyl (C=O) groups excluding carboxylic acids is 2. The highest BCUT2D eigenvalue weighted by atomic mass is 16.2. The van der Waals surface area contributed by atoms with Gasteiger partial charge in [0.05, 0.1) is 5.56 Å². The van der Waals surface area contributed by atoms with E-state index in [9.17, 15) is 9.59 Å². The van der Waals surface area contributed by atoms with Crippen molar-refractivity contribution in [3.8, 4) is 0 Å². The number of hydrogen-bond acceptors (Lipinski definition) is 3. The number of nitrogens with one attached hydrogen (secondary N) is 2. The van der Waals surface area contributed by atoms with Crippen LogP contribution in [-0.2, 0) is 6.54 Å². The topological polar surface area (TPSA) is 87.5 Å². The Kier molecular flexibility index (Phi) is 5.18. The van der Waals surface area contributed by atoms with Gasteiger partial charge in [-0.3, -0.25) is 4.79 Å². The number of nitrogens with two attached hydrogens (primary N) is 1. The summed E-state index contributed by atoms with van der Waals surface area (Å²) in [5.41, 5.74) is 7.81. The Bertz CT molecular complexity index is 748. The molecule has 130 valence electrons. The van der Waals surface area contributed by atoms with Crippen LogP contribution >= 0.6 is 0 Å². The minimum atomic E-state index is -0.443. The van der Waals surface area contributed by atoms with Gasteiger partial charge in [-0.15, -0.1) is 0 Å². The molecule has 0 aliphatic carbocycles. The number of urea groups is 1. The Hall–Kier alpha value is -3.02. The molecule has 1 fully saturated rings. The molecule has 0 aromatic heterocycles. The number of rotatable bonds is 5. The Labute approximate surface area is 147 Å². The summed E-state index contributed by atoms with van der Waals surface area (Å²) in [5.74, 6) is -0.146. The lowest BCUT2D eigenvalue weighted by Gasteiger charge is -2.16. The maximum Gasteiger partial charge on any atom is 0.314 e. The number of nitrogens with zero attached hydrogens (tertiary/aromatic N) is 1. The number of para-hydroxylation sites is 1. The lowest BCUT2D eigenvalue weighted by atomic mass is 10.1. The van der Waals surface area contributed by atoms with Crippen molar-refractivity contribution in [2.45, 2.75) is 19.0 Å². The van der Waals surface area contributed by atoms with Crippen molar-refractivity contribution >= 4 is 17.6 Å². The number of amides is 3. The van der Waals surface area contributed by atoms with Crippen molar-refractivity contribution in [1.82, 2.24) is 10.2 Å². The molecule has 3 rings (SSSR count). The van der Waals surface area contributed by atoms with Gasteiger partial charge in [0.2, 0.25) is 0 Å². The van der Waals surface area contributed by atoms with Crippen LogP contribution in [0.25, 0.3) is 0 Å². The molecule has 3 amide bonds. The molecule has 0 spiro atoms. The van der Waals surface area contributed by atoms with E-state index in [1.807, 2.05) is 48.5 Å². The lowest BCUT2D eigenvalue weighted by Crippen LogP contribution is -2.40. The quantitative estimate of drug-likeness (QED) is 0.781. The van der Waals surface area contributed by atoms with Gasteiger partial charge < -0.3 is 21.3 Å². The molecule has 2 aromatic carbocycles. The van der Waals surface area contributed by atoms with E-state index >= 15 is 0 Å². The van der Waals surface area contributed by atoms with Gasteiger partial charge in [0.25, 0.3) is 5.91 Å². The monoisotopic (exact) mass is 338 g/mol. The average molecular weight is 338 g/mol. The fraction of sp³-hybridized carbons (Fsp3) is 0.263. The van der Waals surface area contributed by atoms with Gasteiger partial charge in [-0.1, -0.05) is 42.5 Å². The van der Waals surface area contributed by atoms with Crippen LogP contribution in [0, 0.1) is 0 Å². The van der Waals surface area contributed by atoms with E-state index in [1.54, 1.807) is 11.0 Å². The van der Waals surface area contributed by atoms with Crippen molar-refractivity contribution in [2.24, 2.45) is 5.73 Å². The second kappa shape index (κ2) is 7.70. The molecule has 1 aliphatic rings. The molecule has 1 heterocycles. The minimum absolute atomic E-state index is 0.0674. The average Bonchev–Trinajstić information content (AvgIpc) is 3.10. The van der Waals surface area contributed by atoms with E-state index in [2.05, 4.69) is 10.6 Å². The third-order valence-electron chi connectivity index (χ3n) is 4.33. The van der Waals surface area contributed by atoms with Gasteiger partial charge in [-0.2, -0.15) is 0 Å². The number of anilines is 1. The summed E-state index contributed by atoms with van der Waals surface area (Å²) in [6.07, 6.45) is 0.717. The predicted octanol–water partition coefficient (Wildman–Crippen LogP) is 2.18. The summed E-state index contributed by atoms with van der Waals surface area (Å²) in [6, 6.07) is 16.9. The fourth-order valence-electron chi connectivity index (χ4n) is 2.97. The third kappa shape index (κ3) is 4.29. The molecular formula is C19H22N4O2. The zero-order valence-electron chi connectivity index (χ0n) is 13.9. The smallest absolute Gasteiger partial charge is 0.314 e. The first-order valence-corrected chi connectivity index (χ1v) is 8.35. The molecule has 1 saturated heterocycles. The SMILES string of the molecule is NC(=O)N1CCC(NC(=O)c2ccccc2NCc2ccccc2)C1. The molecule has 6 heteroatoms. The van der Waals surface area contributed by atoms with Gasteiger partial charge in [0.15, 0.2) is 0 Å². The van der Waals surface area contributed by atoms with Crippen LogP contribution in [0.1, 0.15) is 22.3 Å².